The highest BCUT2D eigenvalue weighted by Crippen LogP contribution is 2.32. The lowest BCUT2D eigenvalue weighted by Gasteiger charge is -2.24. The van der Waals surface area contributed by atoms with Gasteiger partial charge < -0.3 is 15.0 Å². The fraction of sp³-hybridized carbons (Fsp3) is 0.333. The first-order valence-corrected chi connectivity index (χ1v) is 11.5. The van der Waals surface area contributed by atoms with Gasteiger partial charge in [0.25, 0.3) is 0 Å². The first-order valence-electron chi connectivity index (χ1n) is 9.86. The highest BCUT2D eigenvalue weighted by Gasteiger charge is 2.31. The van der Waals surface area contributed by atoms with Crippen LogP contribution in [0, 0.1) is 0 Å². The Morgan fingerprint density at radius 3 is 2.59 bits per heavy atom. The molecule has 170 valence electrons. The van der Waals surface area contributed by atoms with Crippen LogP contribution in [0.4, 0.5) is 13.2 Å². The molecule has 1 aliphatic carbocycles. The molecule has 2 N–H and O–H groups in total. The SMILES string of the molecule is O=C(O)Cn1c2c(c3ncccc31)CC(NCS(=O)(=O)c1ccc(C(F)(F)F)cc1)CC2. The maximum absolute atomic E-state index is 12.7. The van der Waals surface area contributed by atoms with E-state index in [1.54, 1.807) is 22.9 Å². The number of alkyl halides is 3. The Kier molecular flexibility index (Phi) is 5.72. The largest absolute Gasteiger partial charge is 0.480 e. The fourth-order valence-electron chi connectivity index (χ4n) is 4.10. The quantitative estimate of drug-likeness (QED) is 0.578. The lowest BCUT2D eigenvalue weighted by molar-refractivity contribution is -0.138. The summed E-state index contributed by atoms with van der Waals surface area (Å²) < 4.78 is 65.0. The van der Waals surface area contributed by atoms with Crippen molar-refractivity contribution in [2.75, 3.05) is 5.88 Å². The van der Waals surface area contributed by atoms with Crippen molar-refractivity contribution in [1.29, 1.82) is 0 Å². The van der Waals surface area contributed by atoms with E-state index in [9.17, 15) is 31.5 Å². The second kappa shape index (κ2) is 8.21. The molecule has 1 aliphatic rings. The molecule has 3 aromatic rings. The standard InChI is InChI=1S/C21H20F3N3O4S/c22-21(23,24)13-3-6-15(7-4-13)32(30,31)12-26-14-5-8-17-16(10-14)20-18(2-1-9-25-20)27(17)11-19(28)29/h1-4,6-7,9,14,26H,5,8,10-12H2,(H,28,29). The van der Waals surface area contributed by atoms with Gasteiger partial charge in [-0.05, 0) is 55.7 Å². The van der Waals surface area contributed by atoms with Gasteiger partial charge in [-0.1, -0.05) is 0 Å². The molecule has 0 fully saturated rings. The van der Waals surface area contributed by atoms with Crippen molar-refractivity contribution in [3.8, 4) is 0 Å². The summed E-state index contributed by atoms with van der Waals surface area (Å²) in [6.45, 7) is -0.183. The van der Waals surface area contributed by atoms with E-state index < -0.39 is 33.4 Å². The minimum absolute atomic E-state index is 0.183. The maximum atomic E-state index is 12.7. The zero-order chi connectivity index (χ0) is 23.1. The molecule has 7 nitrogen and oxygen atoms in total. The molecule has 2 aromatic heterocycles. The molecule has 1 aromatic carbocycles. The van der Waals surface area contributed by atoms with E-state index >= 15 is 0 Å². The van der Waals surface area contributed by atoms with Gasteiger partial charge in [-0.2, -0.15) is 13.2 Å². The molecule has 1 atom stereocenters. The minimum Gasteiger partial charge on any atom is -0.480 e. The summed E-state index contributed by atoms with van der Waals surface area (Å²) in [6, 6.07) is 6.77. The third-order valence-corrected chi connectivity index (χ3v) is 7.15. The van der Waals surface area contributed by atoms with Crippen LogP contribution in [-0.2, 0) is 40.2 Å². The number of benzene rings is 1. The van der Waals surface area contributed by atoms with Crippen molar-refractivity contribution in [3.63, 3.8) is 0 Å². The number of halogens is 3. The first kappa shape index (κ1) is 22.3. The smallest absolute Gasteiger partial charge is 0.416 e. The lowest BCUT2D eigenvalue weighted by atomic mass is 9.92. The Hall–Kier alpha value is -2.92. The van der Waals surface area contributed by atoms with Crippen LogP contribution in [0.2, 0.25) is 0 Å². The summed E-state index contributed by atoms with van der Waals surface area (Å²) in [4.78, 5) is 15.5. The maximum Gasteiger partial charge on any atom is 0.416 e. The summed E-state index contributed by atoms with van der Waals surface area (Å²) in [5.74, 6) is -1.38. The van der Waals surface area contributed by atoms with Crippen molar-refractivity contribution in [1.82, 2.24) is 14.9 Å². The highest BCUT2D eigenvalue weighted by atomic mass is 32.2. The molecule has 4 rings (SSSR count). The van der Waals surface area contributed by atoms with Crippen LogP contribution in [0.5, 0.6) is 0 Å². The molecule has 0 saturated heterocycles. The van der Waals surface area contributed by atoms with E-state index in [0.717, 1.165) is 41.0 Å². The van der Waals surface area contributed by atoms with Gasteiger partial charge in [-0.25, -0.2) is 8.42 Å². The molecule has 0 aliphatic heterocycles. The Bertz CT molecular complexity index is 1270. The number of hydrogen-bond donors (Lipinski definition) is 2. The zero-order valence-electron chi connectivity index (χ0n) is 16.8. The number of hydrogen-bond acceptors (Lipinski definition) is 5. The Labute approximate surface area is 181 Å². The van der Waals surface area contributed by atoms with Crippen LogP contribution in [0.25, 0.3) is 11.0 Å². The Balaban J connectivity index is 1.51. The Morgan fingerprint density at radius 1 is 1.22 bits per heavy atom. The Morgan fingerprint density at radius 2 is 1.94 bits per heavy atom. The van der Waals surface area contributed by atoms with E-state index in [-0.39, 0.29) is 17.5 Å². The third-order valence-electron chi connectivity index (χ3n) is 5.61. The van der Waals surface area contributed by atoms with Crippen molar-refractivity contribution < 1.29 is 31.5 Å². The number of carboxylic acid groups (broad SMARTS) is 1. The summed E-state index contributed by atoms with van der Waals surface area (Å²) >= 11 is 0. The van der Waals surface area contributed by atoms with Gasteiger partial charge in [-0.3, -0.25) is 9.78 Å². The second-order valence-electron chi connectivity index (χ2n) is 7.70. The number of aromatic nitrogens is 2. The number of carboxylic acids is 1. The van der Waals surface area contributed by atoms with Crippen LogP contribution >= 0.6 is 0 Å². The lowest BCUT2D eigenvalue weighted by Crippen LogP contribution is -2.38. The number of nitrogens with zero attached hydrogens (tertiary/aromatic N) is 2. The van der Waals surface area contributed by atoms with Crippen molar-refractivity contribution in [2.45, 2.75) is 42.9 Å². The number of carbonyl (C=O) groups is 1. The molecule has 0 radical (unpaired) electrons. The predicted molar refractivity (Wildman–Crippen MR) is 110 cm³/mol. The molecule has 0 spiro atoms. The summed E-state index contributed by atoms with van der Waals surface area (Å²) in [7, 11) is -3.83. The van der Waals surface area contributed by atoms with Crippen molar-refractivity contribution in [3.05, 3.63) is 59.4 Å². The van der Waals surface area contributed by atoms with Crippen LogP contribution < -0.4 is 5.32 Å². The van der Waals surface area contributed by atoms with E-state index in [0.29, 0.717) is 24.8 Å². The number of nitrogens with one attached hydrogen (secondary N) is 1. The van der Waals surface area contributed by atoms with Gasteiger partial charge in [0.15, 0.2) is 9.84 Å². The number of rotatable bonds is 6. The van der Waals surface area contributed by atoms with E-state index in [4.69, 9.17) is 0 Å². The van der Waals surface area contributed by atoms with E-state index in [1.807, 2.05) is 0 Å². The molecule has 0 bridgehead atoms. The van der Waals surface area contributed by atoms with Gasteiger partial charge in [0.05, 0.1) is 21.5 Å². The molecule has 2 heterocycles. The third kappa shape index (κ3) is 4.35. The molecular weight excluding hydrogens is 447 g/mol. The first-order chi connectivity index (χ1) is 15.1. The van der Waals surface area contributed by atoms with Gasteiger partial charge in [0.1, 0.15) is 12.4 Å². The zero-order valence-corrected chi connectivity index (χ0v) is 17.6. The molecule has 1 unspecified atom stereocenters. The van der Waals surface area contributed by atoms with Crippen LogP contribution in [0.15, 0.2) is 47.5 Å². The van der Waals surface area contributed by atoms with Gasteiger partial charge >= 0.3 is 12.1 Å². The normalized spacial score (nSPS) is 16.8. The molecular formula is C21H20F3N3O4S. The fourth-order valence-corrected chi connectivity index (χ4v) is 5.28. The topological polar surface area (TPSA) is 101 Å². The van der Waals surface area contributed by atoms with Gasteiger partial charge in [-0.15, -0.1) is 0 Å². The highest BCUT2D eigenvalue weighted by molar-refractivity contribution is 7.91. The number of sulfone groups is 1. The van der Waals surface area contributed by atoms with Crippen LogP contribution in [0.1, 0.15) is 23.2 Å². The number of fused-ring (bicyclic) bond motifs is 3. The minimum atomic E-state index is -4.53. The second-order valence-corrected chi connectivity index (χ2v) is 9.69. The van der Waals surface area contributed by atoms with Crippen molar-refractivity contribution in [2.24, 2.45) is 0 Å². The number of pyridine rings is 1. The molecule has 11 heteroatoms. The molecule has 0 amide bonds. The van der Waals surface area contributed by atoms with E-state index in [1.165, 1.54) is 0 Å². The average molecular weight is 467 g/mol. The predicted octanol–water partition coefficient (Wildman–Crippen LogP) is 3.02. The summed E-state index contributed by atoms with van der Waals surface area (Å²) in [6.07, 6.45) is -1.30. The summed E-state index contributed by atoms with van der Waals surface area (Å²) in [5.41, 5.74) is 2.27. The van der Waals surface area contributed by atoms with Gasteiger partial charge in [0.2, 0.25) is 0 Å². The van der Waals surface area contributed by atoms with Crippen molar-refractivity contribution >= 4 is 26.8 Å². The molecule has 0 saturated carbocycles. The number of aliphatic carboxylic acids is 1. The average Bonchev–Trinajstić information content (AvgIpc) is 3.05. The van der Waals surface area contributed by atoms with Crippen LogP contribution in [-0.4, -0.2) is 41.0 Å². The summed E-state index contributed by atoms with van der Waals surface area (Å²) in [5, 5.41) is 12.3. The monoisotopic (exact) mass is 467 g/mol. The van der Waals surface area contributed by atoms with Crippen LogP contribution in [0.3, 0.4) is 0 Å². The van der Waals surface area contributed by atoms with E-state index in [2.05, 4.69) is 10.3 Å². The molecule has 32 heavy (non-hydrogen) atoms. The van der Waals surface area contributed by atoms with Gasteiger partial charge in [0, 0.05) is 23.5 Å².